The van der Waals surface area contributed by atoms with Gasteiger partial charge in [-0.3, -0.25) is 4.79 Å². The van der Waals surface area contributed by atoms with E-state index in [1.807, 2.05) is 0 Å². The van der Waals surface area contributed by atoms with Crippen LogP contribution < -0.4 is 11.5 Å². The molecule has 1 aromatic carbocycles. The number of carbonyl (C=O) groups is 1. The monoisotopic (exact) mass is 210 g/mol. The number of phenolic OH excluding ortho intramolecular Hbond substituents is 1. The van der Waals surface area contributed by atoms with Gasteiger partial charge in [0.1, 0.15) is 11.8 Å². The summed E-state index contributed by atoms with van der Waals surface area (Å²) < 4.78 is 4.48. The number of methoxy groups -OCH3 is 1. The molecule has 0 amide bonds. The van der Waals surface area contributed by atoms with Crippen LogP contribution in [0.3, 0.4) is 0 Å². The lowest BCUT2D eigenvalue weighted by Gasteiger charge is -2.11. The lowest BCUT2D eigenvalue weighted by atomic mass is 10.0. The van der Waals surface area contributed by atoms with Gasteiger partial charge in [0.2, 0.25) is 0 Å². The first-order chi connectivity index (χ1) is 7.06. The molecule has 5 nitrogen and oxygen atoms in total. The Labute approximate surface area is 87.6 Å². The van der Waals surface area contributed by atoms with E-state index < -0.39 is 12.0 Å². The highest BCUT2D eigenvalue weighted by Crippen LogP contribution is 2.25. The van der Waals surface area contributed by atoms with Crippen molar-refractivity contribution in [1.82, 2.24) is 0 Å². The molecule has 0 unspecified atom stereocenters. The van der Waals surface area contributed by atoms with E-state index in [0.717, 1.165) is 0 Å². The summed E-state index contributed by atoms with van der Waals surface area (Å²) in [6, 6.07) is 4.13. The van der Waals surface area contributed by atoms with Gasteiger partial charge in [-0.25, -0.2) is 0 Å². The average Bonchev–Trinajstić information content (AvgIpc) is 2.23. The number of nitrogens with two attached hydrogens (primary N) is 2. The SMILES string of the molecule is COC(=O)[C@H](N)Cc1cccc(N)c1O. The molecule has 5 N–H and O–H groups in total. The number of ether oxygens (including phenoxy) is 1. The Morgan fingerprint density at radius 3 is 2.87 bits per heavy atom. The molecule has 0 spiro atoms. The van der Waals surface area contributed by atoms with E-state index in [0.29, 0.717) is 5.56 Å². The van der Waals surface area contributed by atoms with Crippen LogP contribution in [-0.2, 0) is 16.0 Å². The van der Waals surface area contributed by atoms with Crippen LogP contribution in [0.5, 0.6) is 5.75 Å². The average molecular weight is 210 g/mol. The molecule has 1 aromatic rings. The minimum atomic E-state index is -0.789. The summed E-state index contributed by atoms with van der Waals surface area (Å²) in [6.45, 7) is 0. The highest BCUT2D eigenvalue weighted by Gasteiger charge is 2.16. The number of hydrogen-bond donors (Lipinski definition) is 3. The van der Waals surface area contributed by atoms with Gasteiger partial charge in [-0.05, 0) is 11.6 Å². The third kappa shape index (κ3) is 2.60. The number of anilines is 1. The van der Waals surface area contributed by atoms with Crippen LogP contribution in [0.15, 0.2) is 18.2 Å². The Hall–Kier alpha value is -1.75. The quantitative estimate of drug-likeness (QED) is 0.371. The van der Waals surface area contributed by atoms with Crippen molar-refractivity contribution in [3.8, 4) is 5.75 Å². The molecule has 1 rings (SSSR count). The van der Waals surface area contributed by atoms with Crippen LogP contribution in [0.1, 0.15) is 5.56 Å². The molecule has 0 aliphatic heterocycles. The summed E-state index contributed by atoms with van der Waals surface area (Å²) in [5.41, 5.74) is 11.9. The van der Waals surface area contributed by atoms with E-state index in [9.17, 15) is 9.90 Å². The second kappa shape index (κ2) is 4.65. The predicted octanol–water partition coefficient (Wildman–Crippen LogP) is 0.0172. The molecule has 0 aromatic heterocycles. The van der Waals surface area contributed by atoms with Gasteiger partial charge < -0.3 is 21.3 Å². The number of benzene rings is 1. The Morgan fingerprint density at radius 2 is 2.27 bits per heavy atom. The zero-order valence-electron chi connectivity index (χ0n) is 8.43. The van der Waals surface area contributed by atoms with Crippen molar-refractivity contribution in [2.75, 3.05) is 12.8 Å². The Kier molecular flexibility index (Phi) is 3.51. The zero-order valence-corrected chi connectivity index (χ0v) is 8.43. The number of aromatic hydroxyl groups is 1. The number of carbonyl (C=O) groups excluding carboxylic acids is 1. The summed E-state index contributed by atoms with van der Waals surface area (Å²) in [5, 5.41) is 9.57. The molecule has 0 aliphatic carbocycles. The molecule has 15 heavy (non-hydrogen) atoms. The highest BCUT2D eigenvalue weighted by molar-refractivity contribution is 5.76. The van der Waals surface area contributed by atoms with E-state index in [-0.39, 0.29) is 17.9 Å². The first-order valence-electron chi connectivity index (χ1n) is 4.46. The first kappa shape index (κ1) is 11.3. The van der Waals surface area contributed by atoms with Gasteiger partial charge >= 0.3 is 5.97 Å². The van der Waals surface area contributed by atoms with Crippen molar-refractivity contribution in [3.63, 3.8) is 0 Å². The second-order valence-electron chi connectivity index (χ2n) is 3.19. The molecule has 82 valence electrons. The van der Waals surface area contributed by atoms with Gasteiger partial charge in [0.15, 0.2) is 0 Å². The van der Waals surface area contributed by atoms with Gasteiger partial charge in [-0.1, -0.05) is 12.1 Å². The molecule has 0 saturated heterocycles. The maximum absolute atomic E-state index is 11.1. The Balaban J connectivity index is 2.81. The second-order valence-corrected chi connectivity index (χ2v) is 3.19. The van der Waals surface area contributed by atoms with Crippen LogP contribution in [-0.4, -0.2) is 24.2 Å². The van der Waals surface area contributed by atoms with E-state index in [1.165, 1.54) is 7.11 Å². The summed E-state index contributed by atoms with van der Waals surface area (Å²) in [7, 11) is 1.27. The Bertz CT molecular complexity index is 366. The van der Waals surface area contributed by atoms with E-state index in [1.54, 1.807) is 18.2 Å². The lowest BCUT2D eigenvalue weighted by molar-refractivity contribution is -0.142. The van der Waals surface area contributed by atoms with Crippen molar-refractivity contribution in [3.05, 3.63) is 23.8 Å². The molecule has 0 bridgehead atoms. The fourth-order valence-corrected chi connectivity index (χ4v) is 1.25. The third-order valence-corrected chi connectivity index (χ3v) is 2.09. The molecule has 0 fully saturated rings. The number of nitrogen functional groups attached to an aromatic ring is 1. The van der Waals surface area contributed by atoms with Crippen molar-refractivity contribution < 1.29 is 14.6 Å². The van der Waals surface area contributed by atoms with Crippen molar-refractivity contribution in [2.24, 2.45) is 5.73 Å². The fraction of sp³-hybridized carbons (Fsp3) is 0.300. The largest absolute Gasteiger partial charge is 0.506 e. The van der Waals surface area contributed by atoms with Crippen LogP contribution in [0.4, 0.5) is 5.69 Å². The molecule has 0 aliphatic rings. The van der Waals surface area contributed by atoms with Crippen LogP contribution >= 0.6 is 0 Å². The van der Waals surface area contributed by atoms with Crippen molar-refractivity contribution in [2.45, 2.75) is 12.5 Å². The van der Waals surface area contributed by atoms with Crippen LogP contribution in [0.25, 0.3) is 0 Å². The number of esters is 1. The number of rotatable bonds is 3. The molecule has 1 atom stereocenters. The molecule has 0 saturated carbocycles. The number of phenols is 1. The van der Waals surface area contributed by atoms with Gasteiger partial charge in [-0.15, -0.1) is 0 Å². The standard InChI is InChI=1S/C10H14N2O3/c1-15-10(14)8(12)5-6-3-2-4-7(11)9(6)13/h2-4,8,13H,5,11-12H2,1H3/t8-/m1/s1. The molecule has 0 heterocycles. The van der Waals surface area contributed by atoms with Crippen LogP contribution in [0, 0.1) is 0 Å². The summed E-state index contributed by atoms with van der Waals surface area (Å²) >= 11 is 0. The molecular weight excluding hydrogens is 196 g/mol. The Morgan fingerprint density at radius 1 is 1.60 bits per heavy atom. The number of hydrogen-bond acceptors (Lipinski definition) is 5. The van der Waals surface area contributed by atoms with E-state index in [4.69, 9.17) is 11.5 Å². The van der Waals surface area contributed by atoms with Crippen molar-refractivity contribution in [1.29, 1.82) is 0 Å². The summed E-state index contributed by atoms with van der Waals surface area (Å²) in [6.07, 6.45) is 0.198. The zero-order chi connectivity index (χ0) is 11.4. The predicted molar refractivity (Wildman–Crippen MR) is 56.2 cm³/mol. The van der Waals surface area contributed by atoms with E-state index >= 15 is 0 Å². The van der Waals surface area contributed by atoms with Gasteiger partial charge in [0.25, 0.3) is 0 Å². The summed E-state index contributed by atoms with van der Waals surface area (Å²) in [5.74, 6) is -0.548. The maximum atomic E-state index is 11.1. The fourth-order valence-electron chi connectivity index (χ4n) is 1.25. The molecule has 5 heteroatoms. The minimum Gasteiger partial charge on any atom is -0.506 e. The van der Waals surface area contributed by atoms with Gasteiger partial charge in [0, 0.05) is 6.42 Å². The van der Waals surface area contributed by atoms with Crippen LogP contribution in [0.2, 0.25) is 0 Å². The van der Waals surface area contributed by atoms with E-state index in [2.05, 4.69) is 4.74 Å². The first-order valence-corrected chi connectivity index (χ1v) is 4.46. The smallest absolute Gasteiger partial charge is 0.322 e. The highest BCUT2D eigenvalue weighted by atomic mass is 16.5. The normalized spacial score (nSPS) is 12.1. The third-order valence-electron chi connectivity index (χ3n) is 2.09. The lowest BCUT2D eigenvalue weighted by Crippen LogP contribution is -2.33. The topological polar surface area (TPSA) is 98.6 Å². The summed E-state index contributed by atoms with van der Waals surface area (Å²) in [4.78, 5) is 11.1. The molecular formula is C10H14N2O3. The minimum absolute atomic E-state index is 0.0307. The van der Waals surface area contributed by atoms with Crippen molar-refractivity contribution >= 4 is 11.7 Å². The number of para-hydroxylation sites is 1. The van der Waals surface area contributed by atoms with Gasteiger partial charge in [0.05, 0.1) is 12.8 Å². The maximum Gasteiger partial charge on any atom is 0.322 e. The molecule has 0 radical (unpaired) electrons. The van der Waals surface area contributed by atoms with Gasteiger partial charge in [-0.2, -0.15) is 0 Å².